The molecule has 0 spiro atoms. The van der Waals surface area contributed by atoms with E-state index in [0.29, 0.717) is 11.5 Å². The Labute approximate surface area is 224 Å². The lowest BCUT2D eigenvalue weighted by Crippen LogP contribution is -2.34. The number of benzene rings is 3. The standard InChI is InChI=1S/C32H35N5O/c1-22-18-30-31(19-23(22)2)37(32(35-30)27-10-8-25(21-33)9-11-27)15-5-14-36-16-12-26(13-17-36)28-6-4-7-29(20-28)34-24(3)38/h4,6-11,18-20,26H,5,12-17H2,1-3H3,(H,34,38). The lowest BCUT2D eigenvalue weighted by molar-refractivity contribution is -0.114. The van der Waals surface area contributed by atoms with Crippen molar-refractivity contribution in [3.63, 3.8) is 0 Å². The first-order valence-corrected chi connectivity index (χ1v) is 13.5. The number of rotatable bonds is 7. The molecule has 0 bridgehead atoms. The Morgan fingerprint density at radius 2 is 1.76 bits per heavy atom. The van der Waals surface area contributed by atoms with Gasteiger partial charge in [-0.15, -0.1) is 0 Å². The molecule has 0 aliphatic carbocycles. The van der Waals surface area contributed by atoms with Crippen LogP contribution in [0.1, 0.15) is 54.4 Å². The minimum Gasteiger partial charge on any atom is -0.326 e. The summed E-state index contributed by atoms with van der Waals surface area (Å²) in [5.74, 6) is 1.47. The highest BCUT2D eigenvalue weighted by molar-refractivity contribution is 5.88. The van der Waals surface area contributed by atoms with Crippen LogP contribution in [-0.2, 0) is 11.3 Å². The Kier molecular flexibility index (Phi) is 7.57. The van der Waals surface area contributed by atoms with Crippen molar-refractivity contribution in [2.75, 3.05) is 25.0 Å². The van der Waals surface area contributed by atoms with Crippen molar-refractivity contribution >= 4 is 22.6 Å². The third kappa shape index (κ3) is 5.64. The molecule has 1 amide bonds. The van der Waals surface area contributed by atoms with Crippen LogP contribution in [0, 0.1) is 25.2 Å². The molecular weight excluding hydrogens is 470 g/mol. The van der Waals surface area contributed by atoms with Crippen LogP contribution in [0.5, 0.6) is 0 Å². The Morgan fingerprint density at radius 1 is 1.03 bits per heavy atom. The van der Waals surface area contributed by atoms with Crippen molar-refractivity contribution in [1.29, 1.82) is 5.26 Å². The molecule has 38 heavy (non-hydrogen) atoms. The number of piperidine rings is 1. The number of amides is 1. The number of anilines is 1. The van der Waals surface area contributed by atoms with Crippen molar-refractivity contribution in [3.8, 4) is 17.5 Å². The molecule has 5 rings (SSSR count). The van der Waals surface area contributed by atoms with Crippen molar-refractivity contribution in [2.24, 2.45) is 0 Å². The average Bonchev–Trinajstić information content (AvgIpc) is 3.26. The van der Waals surface area contributed by atoms with Crippen LogP contribution in [0.4, 0.5) is 5.69 Å². The number of nitrogens with zero attached hydrogens (tertiary/aromatic N) is 4. The molecule has 0 unspecified atom stereocenters. The van der Waals surface area contributed by atoms with Gasteiger partial charge >= 0.3 is 0 Å². The smallest absolute Gasteiger partial charge is 0.221 e. The molecule has 0 saturated carbocycles. The van der Waals surface area contributed by atoms with Gasteiger partial charge in [-0.25, -0.2) is 4.98 Å². The maximum absolute atomic E-state index is 11.4. The molecule has 2 heterocycles. The van der Waals surface area contributed by atoms with Crippen molar-refractivity contribution in [3.05, 3.63) is 82.9 Å². The molecular formula is C32H35N5O. The number of imidazole rings is 1. The maximum Gasteiger partial charge on any atom is 0.221 e. The number of carbonyl (C=O) groups excluding carboxylic acids is 1. The van der Waals surface area contributed by atoms with Gasteiger partial charge in [0.2, 0.25) is 5.91 Å². The summed E-state index contributed by atoms with van der Waals surface area (Å²) in [5, 5.41) is 12.1. The molecule has 1 fully saturated rings. The maximum atomic E-state index is 11.4. The molecule has 194 valence electrons. The molecule has 1 aliphatic rings. The predicted molar refractivity (Wildman–Crippen MR) is 153 cm³/mol. The summed E-state index contributed by atoms with van der Waals surface area (Å²) >= 11 is 0. The molecule has 1 aliphatic heterocycles. The third-order valence-electron chi connectivity index (χ3n) is 7.76. The van der Waals surface area contributed by atoms with Gasteiger partial charge in [0.05, 0.1) is 22.7 Å². The molecule has 0 atom stereocenters. The van der Waals surface area contributed by atoms with Gasteiger partial charge in [-0.2, -0.15) is 5.26 Å². The van der Waals surface area contributed by atoms with Crippen molar-refractivity contribution in [1.82, 2.24) is 14.5 Å². The summed E-state index contributed by atoms with van der Waals surface area (Å²) in [4.78, 5) is 19.0. The zero-order valence-corrected chi connectivity index (χ0v) is 22.5. The van der Waals surface area contributed by atoms with E-state index in [-0.39, 0.29) is 5.91 Å². The number of fused-ring (bicyclic) bond motifs is 1. The van der Waals surface area contributed by atoms with Gasteiger partial charge in [-0.3, -0.25) is 4.79 Å². The van der Waals surface area contributed by atoms with Gasteiger partial charge < -0.3 is 14.8 Å². The summed E-state index contributed by atoms with van der Waals surface area (Å²) in [5.41, 5.74) is 8.62. The van der Waals surface area contributed by atoms with Gasteiger partial charge in [-0.05, 0) is 124 Å². The van der Waals surface area contributed by atoms with Crippen LogP contribution in [0.2, 0.25) is 0 Å². The van der Waals surface area contributed by atoms with Crippen LogP contribution in [0.15, 0.2) is 60.7 Å². The average molecular weight is 506 g/mol. The number of hydrogen-bond acceptors (Lipinski definition) is 4. The normalized spacial score (nSPS) is 14.5. The minimum atomic E-state index is -0.0322. The molecule has 1 N–H and O–H groups in total. The third-order valence-corrected chi connectivity index (χ3v) is 7.76. The van der Waals surface area contributed by atoms with Crippen LogP contribution in [0.3, 0.4) is 0 Å². The molecule has 6 heteroatoms. The van der Waals surface area contributed by atoms with Crippen molar-refractivity contribution in [2.45, 2.75) is 52.5 Å². The topological polar surface area (TPSA) is 74.0 Å². The first-order valence-electron chi connectivity index (χ1n) is 13.5. The number of aromatic nitrogens is 2. The fourth-order valence-corrected chi connectivity index (χ4v) is 5.54. The second-order valence-electron chi connectivity index (χ2n) is 10.5. The van der Waals surface area contributed by atoms with E-state index in [1.165, 1.54) is 22.2 Å². The second kappa shape index (κ2) is 11.2. The van der Waals surface area contributed by atoms with E-state index >= 15 is 0 Å². The highest BCUT2D eigenvalue weighted by atomic mass is 16.1. The Bertz CT molecular complexity index is 1490. The van der Waals surface area contributed by atoms with Gasteiger partial charge in [0, 0.05) is 24.7 Å². The van der Waals surface area contributed by atoms with E-state index in [1.807, 2.05) is 36.4 Å². The Morgan fingerprint density at radius 3 is 2.47 bits per heavy atom. The summed E-state index contributed by atoms with van der Waals surface area (Å²) in [6.45, 7) is 9.95. The van der Waals surface area contributed by atoms with E-state index in [2.05, 4.69) is 59.0 Å². The van der Waals surface area contributed by atoms with Gasteiger partial charge in [0.1, 0.15) is 5.82 Å². The van der Waals surface area contributed by atoms with Gasteiger partial charge in [-0.1, -0.05) is 12.1 Å². The number of nitrogens with one attached hydrogen (secondary N) is 1. The van der Waals surface area contributed by atoms with Crippen molar-refractivity contribution < 1.29 is 4.79 Å². The molecule has 3 aromatic carbocycles. The summed E-state index contributed by atoms with van der Waals surface area (Å²) < 4.78 is 2.35. The Balaban J connectivity index is 1.26. The monoisotopic (exact) mass is 505 g/mol. The second-order valence-corrected chi connectivity index (χ2v) is 10.5. The highest BCUT2D eigenvalue weighted by Crippen LogP contribution is 2.31. The molecule has 1 aromatic heterocycles. The van der Waals surface area contributed by atoms with E-state index in [9.17, 15) is 10.1 Å². The van der Waals surface area contributed by atoms with Crippen LogP contribution in [-0.4, -0.2) is 40.0 Å². The van der Waals surface area contributed by atoms with Crippen LogP contribution in [0.25, 0.3) is 22.4 Å². The SMILES string of the molecule is CC(=O)Nc1cccc(C2CCN(CCCn3c(-c4ccc(C#N)cc4)nc4cc(C)c(C)cc43)CC2)c1. The number of carbonyl (C=O) groups is 1. The minimum absolute atomic E-state index is 0.0322. The first-order chi connectivity index (χ1) is 18.4. The quantitative estimate of drug-likeness (QED) is 0.315. The van der Waals surface area contributed by atoms with Crippen LogP contribution < -0.4 is 5.32 Å². The molecule has 1 saturated heterocycles. The number of likely N-dealkylation sites (tertiary alicyclic amines) is 1. The van der Waals surface area contributed by atoms with E-state index in [4.69, 9.17) is 4.98 Å². The van der Waals surface area contributed by atoms with E-state index in [0.717, 1.165) is 68.0 Å². The first kappa shape index (κ1) is 25.7. The number of hydrogen-bond donors (Lipinski definition) is 1. The van der Waals surface area contributed by atoms with Crippen LogP contribution >= 0.6 is 0 Å². The Hall–Kier alpha value is -3.95. The largest absolute Gasteiger partial charge is 0.326 e. The number of aryl methyl sites for hydroxylation is 3. The summed E-state index contributed by atoms with van der Waals surface area (Å²) in [7, 11) is 0. The highest BCUT2D eigenvalue weighted by Gasteiger charge is 2.21. The zero-order chi connectivity index (χ0) is 26.6. The number of nitriles is 1. The van der Waals surface area contributed by atoms with E-state index < -0.39 is 0 Å². The lowest BCUT2D eigenvalue weighted by atomic mass is 9.89. The van der Waals surface area contributed by atoms with Gasteiger partial charge in [0.25, 0.3) is 0 Å². The zero-order valence-electron chi connectivity index (χ0n) is 22.5. The van der Waals surface area contributed by atoms with E-state index in [1.54, 1.807) is 6.92 Å². The fraction of sp³-hybridized carbons (Fsp3) is 0.344. The molecule has 4 aromatic rings. The molecule has 6 nitrogen and oxygen atoms in total. The fourth-order valence-electron chi connectivity index (χ4n) is 5.54. The predicted octanol–water partition coefficient (Wildman–Crippen LogP) is 6.42. The van der Waals surface area contributed by atoms with Gasteiger partial charge in [0.15, 0.2) is 0 Å². The molecule has 0 radical (unpaired) electrons. The summed E-state index contributed by atoms with van der Waals surface area (Å²) in [6, 6.07) is 22.7. The lowest BCUT2D eigenvalue weighted by Gasteiger charge is -2.32. The summed E-state index contributed by atoms with van der Waals surface area (Å²) in [6.07, 6.45) is 3.31.